The van der Waals surface area contributed by atoms with Gasteiger partial charge >= 0.3 is 0 Å². The lowest BCUT2D eigenvalue weighted by molar-refractivity contribution is 0.0677. The molecule has 36 heavy (non-hydrogen) atoms. The summed E-state index contributed by atoms with van der Waals surface area (Å²) < 4.78 is 20.5. The number of aromatic nitrogens is 2. The lowest BCUT2D eigenvalue weighted by Crippen LogP contribution is -2.38. The summed E-state index contributed by atoms with van der Waals surface area (Å²) in [5.74, 6) is 0.433. The molecule has 4 aromatic rings. The summed E-state index contributed by atoms with van der Waals surface area (Å²) in [5.41, 5.74) is 1.26. The first-order valence-electron chi connectivity index (χ1n) is 12.2. The van der Waals surface area contributed by atoms with E-state index in [9.17, 15) is 14.0 Å². The molecule has 0 N–H and O–H groups in total. The minimum absolute atomic E-state index is 0.175. The van der Waals surface area contributed by atoms with Crippen molar-refractivity contribution in [2.45, 2.75) is 39.2 Å². The largest absolute Gasteiger partial charge is 0.497 e. The van der Waals surface area contributed by atoms with Crippen molar-refractivity contribution < 1.29 is 13.9 Å². The zero-order valence-electron chi connectivity index (χ0n) is 20.8. The monoisotopic (exact) mass is 487 g/mol. The molecule has 1 amide bonds. The van der Waals surface area contributed by atoms with Gasteiger partial charge in [-0.05, 0) is 67.9 Å². The number of carbonyl (C=O) groups excluding carboxylic acids is 1. The predicted octanol–water partition coefficient (Wildman–Crippen LogP) is 5.93. The molecule has 0 saturated carbocycles. The van der Waals surface area contributed by atoms with Crippen molar-refractivity contribution in [2.24, 2.45) is 0 Å². The number of halogens is 1. The highest BCUT2D eigenvalue weighted by molar-refractivity contribution is 5.95. The van der Waals surface area contributed by atoms with Gasteiger partial charge in [0.15, 0.2) is 0 Å². The number of nitrogens with zero attached hydrogens (tertiary/aromatic N) is 3. The maximum absolute atomic E-state index is 13.8. The van der Waals surface area contributed by atoms with E-state index in [0.717, 1.165) is 19.3 Å². The van der Waals surface area contributed by atoms with Gasteiger partial charge in [0, 0.05) is 12.1 Å². The Bertz CT molecular complexity index is 1420. The number of carbonyl (C=O) groups is 1. The fourth-order valence-electron chi connectivity index (χ4n) is 4.33. The van der Waals surface area contributed by atoms with Crippen molar-refractivity contribution in [3.63, 3.8) is 0 Å². The van der Waals surface area contributed by atoms with Crippen molar-refractivity contribution in [3.05, 3.63) is 100 Å². The van der Waals surface area contributed by atoms with Crippen LogP contribution in [0.4, 0.5) is 4.39 Å². The molecular weight excluding hydrogens is 457 g/mol. The van der Waals surface area contributed by atoms with Crippen molar-refractivity contribution >= 4 is 16.8 Å². The first-order valence-corrected chi connectivity index (χ1v) is 12.2. The van der Waals surface area contributed by atoms with Crippen LogP contribution in [0.2, 0.25) is 0 Å². The molecule has 0 aliphatic carbocycles. The third kappa shape index (κ3) is 5.15. The normalized spacial score (nSPS) is 11.9. The Morgan fingerprint density at radius 2 is 1.81 bits per heavy atom. The highest BCUT2D eigenvalue weighted by Crippen LogP contribution is 2.26. The number of hydrogen-bond donors (Lipinski definition) is 0. The van der Waals surface area contributed by atoms with Crippen LogP contribution >= 0.6 is 0 Å². The molecule has 0 fully saturated rings. The standard InChI is InChI=1S/C29H30FN3O3/c1-4-5-8-18-32(28(34)21-10-9-11-24(19-21)36-3)20(2)27-31-26-13-7-6-12-25(26)29(35)33(27)23-16-14-22(30)15-17-23/h6-7,9-17,19-20H,4-5,8,18H2,1-3H3. The van der Waals surface area contributed by atoms with E-state index in [1.165, 1.54) is 16.7 Å². The first-order chi connectivity index (χ1) is 17.4. The Kier molecular flexibility index (Phi) is 7.78. The van der Waals surface area contributed by atoms with E-state index in [1.807, 2.05) is 13.0 Å². The second-order valence-corrected chi connectivity index (χ2v) is 8.72. The average Bonchev–Trinajstić information content (AvgIpc) is 2.91. The lowest BCUT2D eigenvalue weighted by atomic mass is 10.1. The van der Waals surface area contributed by atoms with Crippen LogP contribution in [0.3, 0.4) is 0 Å². The van der Waals surface area contributed by atoms with Crippen molar-refractivity contribution in [1.29, 1.82) is 0 Å². The van der Waals surface area contributed by atoms with Gasteiger partial charge in [-0.2, -0.15) is 0 Å². The van der Waals surface area contributed by atoms with Gasteiger partial charge in [0.25, 0.3) is 11.5 Å². The Morgan fingerprint density at radius 1 is 1.06 bits per heavy atom. The van der Waals surface area contributed by atoms with E-state index in [0.29, 0.717) is 40.3 Å². The molecule has 1 atom stereocenters. The third-order valence-corrected chi connectivity index (χ3v) is 6.31. The zero-order valence-corrected chi connectivity index (χ0v) is 20.8. The number of amides is 1. The van der Waals surface area contributed by atoms with Crippen molar-refractivity contribution in [1.82, 2.24) is 14.5 Å². The number of hydrogen-bond acceptors (Lipinski definition) is 4. The van der Waals surface area contributed by atoms with Crippen molar-refractivity contribution in [2.75, 3.05) is 13.7 Å². The SMILES string of the molecule is CCCCCN(C(=O)c1cccc(OC)c1)C(C)c1nc2ccccc2c(=O)n1-c1ccc(F)cc1. The van der Waals surface area contributed by atoms with Crippen LogP contribution in [-0.2, 0) is 0 Å². The van der Waals surface area contributed by atoms with E-state index >= 15 is 0 Å². The molecule has 0 aliphatic heterocycles. The van der Waals surface area contributed by atoms with Gasteiger partial charge in [-0.25, -0.2) is 9.37 Å². The summed E-state index contributed by atoms with van der Waals surface area (Å²) in [4.78, 5) is 34.0. The van der Waals surface area contributed by atoms with Crippen LogP contribution in [0.5, 0.6) is 5.75 Å². The minimum atomic E-state index is -0.539. The van der Waals surface area contributed by atoms with Gasteiger partial charge in [0.2, 0.25) is 0 Å². The Balaban J connectivity index is 1.87. The number of benzene rings is 3. The number of rotatable bonds is 9. The second-order valence-electron chi connectivity index (χ2n) is 8.72. The summed E-state index contributed by atoms with van der Waals surface area (Å²) in [6.45, 7) is 4.48. The highest BCUT2D eigenvalue weighted by atomic mass is 19.1. The Labute approximate surface area is 210 Å². The Morgan fingerprint density at radius 3 is 2.53 bits per heavy atom. The molecule has 6 nitrogen and oxygen atoms in total. The van der Waals surface area contributed by atoms with Gasteiger partial charge in [-0.1, -0.05) is 38.0 Å². The zero-order chi connectivity index (χ0) is 25.7. The number of methoxy groups -OCH3 is 1. The highest BCUT2D eigenvalue weighted by Gasteiger charge is 2.27. The lowest BCUT2D eigenvalue weighted by Gasteiger charge is -2.31. The second kappa shape index (κ2) is 11.2. The van der Waals surface area contributed by atoms with Gasteiger partial charge in [0.1, 0.15) is 17.4 Å². The molecule has 1 unspecified atom stereocenters. The van der Waals surface area contributed by atoms with Crippen LogP contribution in [-0.4, -0.2) is 34.0 Å². The molecule has 0 bridgehead atoms. The van der Waals surface area contributed by atoms with E-state index in [1.54, 1.807) is 66.6 Å². The van der Waals surface area contributed by atoms with Gasteiger partial charge in [-0.3, -0.25) is 14.2 Å². The van der Waals surface area contributed by atoms with E-state index in [2.05, 4.69) is 6.92 Å². The fourth-order valence-corrected chi connectivity index (χ4v) is 4.33. The smallest absolute Gasteiger partial charge is 0.266 e. The van der Waals surface area contributed by atoms with Crippen LogP contribution in [0.25, 0.3) is 16.6 Å². The van der Waals surface area contributed by atoms with E-state index in [-0.39, 0.29) is 11.5 Å². The number of unbranched alkanes of at least 4 members (excludes halogenated alkanes) is 2. The predicted molar refractivity (Wildman–Crippen MR) is 139 cm³/mol. The van der Waals surface area contributed by atoms with E-state index < -0.39 is 11.9 Å². The van der Waals surface area contributed by atoms with E-state index in [4.69, 9.17) is 9.72 Å². The van der Waals surface area contributed by atoms with Crippen LogP contribution in [0.15, 0.2) is 77.6 Å². The molecule has 0 aliphatic rings. The van der Waals surface area contributed by atoms with Gasteiger partial charge < -0.3 is 9.64 Å². The first kappa shape index (κ1) is 25.1. The molecule has 3 aromatic carbocycles. The van der Waals surface area contributed by atoms with Crippen LogP contribution in [0.1, 0.15) is 55.3 Å². The number of para-hydroxylation sites is 1. The number of fused-ring (bicyclic) bond motifs is 1. The van der Waals surface area contributed by atoms with Gasteiger partial charge in [0.05, 0.1) is 29.7 Å². The van der Waals surface area contributed by atoms with Crippen LogP contribution in [0, 0.1) is 5.82 Å². The van der Waals surface area contributed by atoms with Crippen LogP contribution < -0.4 is 10.3 Å². The summed E-state index contributed by atoms with van der Waals surface area (Å²) >= 11 is 0. The molecular formula is C29H30FN3O3. The Hall–Kier alpha value is -4.00. The quantitative estimate of drug-likeness (QED) is 0.275. The molecule has 0 saturated heterocycles. The maximum Gasteiger partial charge on any atom is 0.266 e. The molecule has 0 radical (unpaired) electrons. The molecule has 4 rings (SSSR count). The third-order valence-electron chi connectivity index (χ3n) is 6.31. The van der Waals surface area contributed by atoms with Gasteiger partial charge in [-0.15, -0.1) is 0 Å². The summed E-state index contributed by atoms with van der Waals surface area (Å²) in [5, 5.41) is 0.453. The maximum atomic E-state index is 13.8. The fraction of sp³-hybridized carbons (Fsp3) is 0.276. The average molecular weight is 488 g/mol. The topological polar surface area (TPSA) is 64.4 Å². The van der Waals surface area contributed by atoms with Crippen molar-refractivity contribution in [3.8, 4) is 11.4 Å². The molecule has 186 valence electrons. The number of ether oxygens (including phenoxy) is 1. The summed E-state index contributed by atoms with van der Waals surface area (Å²) in [7, 11) is 1.56. The minimum Gasteiger partial charge on any atom is -0.497 e. The molecule has 1 heterocycles. The molecule has 0 spiro atoms. The summed E-state index contributed by atoms with van der Waals surface area (Å²) in [6.07, 6.45) is 2.78. The molecule has 7 heteroatoms. The summed E-state index contributed by atoms with van der Waals surface area (Å²) in [6, 6.07) is 19.3. The molecule has 1 aromatic heterocycles.